The lowest BCUT2D eigenvalue weighted by atomic mass is 10.5. The molecule has 0 spiro atoms. The van der Waals surface area contributed by atoms with E-state index in [1.807, 2.05) is 0 Å². The van der Waals surface area contributed by atoms with E-state index in [9.17, 15) is 9.59 Å². The van der Waals surface area contributed by atoms with Gasteiger partial charge in [0, 0.05) is 11.8 Å². The van der Waals surface area contributed by atoms with Gasteiger partial charge in [0.25, 0.3) is 0 Å². The molecule has 0 rings (SSSR count). The van der Waals surface area contributed by atoms with Gasteiger partial charge in [-0.1, -0.05) is 0 Å². The minimum absolute atomic E-state index is 0.803. The summed E-state index contributed by atoms with van der Waals surface area (Å²) in [4.78, 5) is 25.8. The number of ketones is 1. The third kappa shape index (κ3) is 3.07. The summed E-state index contributed by atoms with van der Waals surface area (Å²) in [7, 11) is 0. The molecule has 0 bridgehead atoms. The van der Waals surface area contributed by atoms with Crippen molar-refractivity contribution < 1.29 is 14.4 Å². The minimum atomic E-state index is -1.16. The molecule has 0 atom stereocenters. The van der Waals surface area contributed by atoms with Crippen LogP contribution in [0.5, 0.6) is 0 Å². The Kier molecular flexibility index (Phi) is 2.86. The summed E-state index contributed by atoms with van der Waals surface area (Å²) in [6.45, 7) is 1.01. The van der Waals surface area contributed by atoms with Crippen LogP contribution in [0.3, 0.4) is 0 Å². The zero-order chi connectivity index (χ0) is 7.28. The van der Waals surface area contributed by atoms with E-state index in [1.165, 1.54) is 0 Å². The first kappa shape index (κ1) is 7.45. The number of Topliss-reactive ketones (excluding diaryl/α,β-unsaturated/α-hetero) is 1. The van der Waals surface area contributed by atoms with E-state index in [0.29, 0.717) is 0 Å². The summed E-state index contributed by atoms with van der Waals surface area (Å²) in [5, 5.41) is 2.40. The lowest BCUT2D eigenvalue weighted by molar-refractivity contribution is -0.153. The Labute approximate surface area is 50.0 Å². The van der Waals surface area contributed by atoms with Crippen molar-refractivity contribution in [2.24, 2.45) is 5.28 Å². The fourth-order valence-electron chi connectivity index (χ4n) is 0.120. The van der Waals surface area contributed by atoms with E-state index < -0.39 is 11.8 Å². The summed E-state index contributed by atoms with van der Waals surface area (Å²) in [6.07, 6.45) is 0. The van der Waals surface area contributed by atoms with Crippen LogP contribution >= 0.6 is 0 Å². The van der Waals surface area contributed by atoms with Gasteiger partial charge in [0.2, 0.25) is 5.78 Å². The summed E-state index contributed by atoms with van der Waals surface area (Å²) in [6, 6.07) is 0. The molecule has 48 valence electrons. The molecule has 6 nitrogen and oxygen atoms in total. The first-order chi connectivity index (χ1) is 4.18. The molecule has 0 aromatic rings. The average molecular weight is 129 g/mol. The lowest BCUT2D eigenvalue weighted by Crippen LogP contribution is -2.09. The summed E-state index contributed by atoms with van der Waals surface area (Å²) >= 11 is 0. The van der Waals surface area contributed by atoms with Gasteiger partial charge < -0.3 is 4.84 Å². The SMILES string of the molecule is CC(=O)C(=O)ON=[N+]=[N-]. The van der Waals surface area contributed by atoms with Crippen LogP contribution in [0.2, 0.25) is 0 Å². The monoisotopic (exact) mass is 129 g/mol. The van der Waals surface area contributed by atoms with Crippen molar-refractivity contribution in [3.63, 3.8) is 0 Å². The smallest absolute Gasteiger partial charge is 0.353 e. The van der Waals surface area contributed by atoms with Crippen LogP contribution < -0.4 is 0 Å². The molecule has 9 heavy (non-hydrogen) atoms. The predicted octanol–water partition coefficient (Wildman–Crippen LogP) is 0.344. The van der Waals surface area contributed by atoms with Gasteiger partial charge in [-0.15, -0.1) is 0 Å². The van der Waals surface area contributed by atoms with E-state index >= 15 is 0 Å². The van der Waals surface area contributed by atoms with Crippen molar-refractivity contribution in [1.29, 1.82) is 0 Å². The van der Waals surface area contributed by atoms with Gasteiger partial charge in [-0.05, 0) is 5.53 Å². The van der Waals surface area contributed by atoms with Crippen molar-refractivity contribution in [3.8, 4) is 0 Å². The molecular weight excluding hydrogens is 126 g/mol. The van der Waals surface area contributed by atoms with E-state index in [0.717, 1.165) is 6.92 Å². The topological polar surface area (TPSA) is 92.1 Å². The Hall–Kier alpha value is -1.55. The molecule has 0 unspecified atom stereocenters. The van der Waals surface area contributed by atoms with Crippen molar-refractivity contribution >= 4 is 11.8 Å². The van der Waals surface area contributed by atoms with Crippen molar-refractivity contribution in [2.45, 2.75) is 6.92 Å². The maximum atomic E-state index is 10.1. The van der Waals surface area contributed by atoms with Crippen LogP contribution in [0.15, 0.2) is 5.28 Å². The number of hydrogen-bond donors (Lipinski definition) is 0. The number of carbonyl (C=O) groups is 2. The normalized spacial score (nSPS) is 7.22. The second-order valence-electron chi connectivity index (χ2n) is 1.11. The van der Waals surface area contributed by atoms with E-state index in [2.05, 4.69) is 15.0 Å². The molecule has 0 aromatic heterocycles. The Balaban J connectivity index is 3.78. The highest BCUT2D eigenvalue weighted by atomic mass is 16.7. The molecule has 0 fully saturated rings. The highest BCUT2D eigenvalue weighted by Crippen LogP contribution is 1.80. The standard InChI is InChI=1S/C3H3N3O3/c1-2(7)3(8)9-6-5-4/h1H3. The summed E-state index contributed by atoms with van der Waals surface area (Å²) in [5.74, 6) is -1.96. The zero-order valence-electron chi connectivity index (χ0n) is 4.57. The molecule has 0 heterocycles. The molecule has 0 saturated carbocycles. The second kappa shape index (κ2) is 3.45. The minimum Gasteiger partial charge on any atom is -0.353 e. The van der Waals surface area contributed by atoms with Crippen molar-refractivity contribution in [3.05, 3.63) is 10.4 Å². The van der Waals surface area contributed by atoms with Gasteiger partial charge >= 0.3 is 5.97 Å². The lowest BCUT2D eigenvalue weighted by Gasteiger charge is -1.85. The number of carbonyl (C=O) groups excluding carboxylic acids is 2. The first-order valence-electron chi connectivity index (χ1n) is 1.94. The van der Waals surface area contributed by atoms with E-state index in [1.54, 1.807) is 0 Å². The third-order valence-corrected chi connectivity index (χ3v) is 0.448. The van der Waals surface area contributed by atoms with Crippen molar-refractivity contribution in [1.82, 2.24) is 0 Å². The van der Waals surface area contributed by atoms with Crippen LogP contribution in [0.4, 0.5) is 0 Å². The third-order valence-electron chi connectivity index (χ3n) is 0.448. The summed E-state index contributed by atoms with van der Waals surface area (Å²) < 4.78 is 0. The van der Waals surface area contributed by atoms with Crippen LogP contribution in [0.25, 0.3) is 10.4 Å². The number of rotatable bonds is 2. The zero-order valence-corrected chi connectivity index (χ0v) is 4.57. The highest BCUT2D eigenvalue weighted by molar-refractivity contribution is 6.32. The van der Waals surface area contributed by atoms with Gasteiger partial charge in [0.05, 0.1) is 0 Å². The highest BCUT2D eigenvalue weighted by Gasteiger charge is 2.06. The average Bonchev–Trinajstić information content (AvgIpc) is 1.82. The van der Waals surface area contributed by atoms with Crippen LogP contribution in [-0.4, -0.2) is 11.8 Å². The maximum absolute atomic E-state index is 10.1. The van der Waals surface area contributed by atoms with Crippen LogP contribution in [-0.2, 0) is 14.4 Å². The van der Waals surface area contributed by atoms with Gasteiger partial charge in [-0.2, -0.15) is 0 Å². The Morgan fingerprint density at radius 2 is 2.22 bits per heavy atom. The molecule has 0 aliphatic carbocycles. The quantitative estimate of drug-likeness (QED) is 0.177. The molecule has 6 heteroatoms. The fraction of sp³-hybridized carbons (Fsp3) is 0.333. The van der Waals surface area contributed by atoms with Crippen molar-refractivity contribution in [2.75, 3.05) is 0 Å². The van der Waals surface area contributed by atoms with Gasteiger partial charge in [-0.25, -0.2) is 4.79 Å². The van der Waals surface area contributed by atoms with Gasteiger partial charge in [-0.3, -0.25) is 4.79 Å². The molecule has 0 aliphatic rings. The molecular formula is C3H3N3O3. The molecule has 0 aromatic carbocycles. The Bertz CT molecular complexity index is 181. The van der Waals surface area contributed by atoms with Gasteiger partial charge in [0.15, 0.2) is 0 Å². The second-order valence-corrected chi connectivity index (χ2v) is 1.11. The van der Waals surface area contributed by atoms with Gasteiger partial charge in [0.1, 0.15) is 5.28 Å². The molecule has 0 saturated heterocycles. The largest absolute Gasteiger partial charge is 0.385 e. The molecule has 0 aliphatic heterocycles. The predicted molar refractivity (Wildman–Crippen MR) is 25.9 cm³/mol. The Morgan fingerprint density at radius 3 is 2.56 bits per heavy atom. The maximum Gasteiger partial charge on any atom is 0.385 e. The fourth-order valence-corrected chi connectivity index (χ4v) is 0.120. The molecule has 0 N–H and O–H groups in total. The molecule has 0 amide bonds. The first-order valence-corrected chi connectivity index (χ1v) is 1.94. The van der Waals surface area contributed by atoms with Crippen LogP contribution in [0.1, 0.15) is 6.92 Å². The van der Waals surface area contributed by atoms with E-state index in [4.69, 9.17) is 5.53 Å². The Morgan fingerprint density at radius 1 is 1.67 bits per heavy atom. The van der Waals surface area contributed by atoms with Crippen LogP contribution in [0, 0.1) is 0 Å². The molecule has 0 radical (unpaired) electrons. The van der Waals surface area contributed by atoms with E-state index in [-0.39, 0.29) is 0 Å². The number of azide groups is 1. The number of nitrogens with zero attached hydrogens (tertiary/aromatic N) is 3. The summed E-state index contributed by atoms with van der Waals surface area (Å²) in [5.41, 5.74) is 7.57. The number of hydrogen-bond acceptors (Lipinski definition) is 4.